The molecule has 2 saturated heterocycles. The predicted molar refractivity (Wildman–Crippen MR) is 89.4 cm³/mol. The van der Waals surface area contributed by atoms with Crippen LogP contribution in [0.4, 0.5) is 4.79 Å². The molecule has 25 heavy (non-hydrogen) atoms. The molecule has 0 radical (unpaired) electrons. The van der Waals surface area contributed by atoms with Crippen LogP contribution in [0, 0.1) is 5.92 Å². The number of carbonyl (C=O) groups is 4. The molecule has 1 saturated carbocycles. The van der Waals surface area contributed by atoms with Crippen molar-refractivity contribution < 1.29 is 19.2 Å². The Balaban J connectivity index is 1.55. The first-order chi connectivity index (χ1) is 12.0. The van der Waals surface area contributed by atoms with Gasteiger partial charge in [0.05, 0.1) is 0 Å². The van der Waals surface area contributed by atoms with E-state index in [9.17, 15) is 19.2 Å². The maximum Gasteiger partial charge on any atom is 0.325 e. The number of nitrogens with one attached hydrogen (secondary N) is 1. The number of amides is 5. The van der Waals surface area contributed by atoms with Gasteiger partial charge in [-0.05, 0) is 18.8 Å². The van der Waals surface area contributed by atoms with E-state index < -0.39 is 12.1 Å². The molecular weight excluding hydrogens is 324 g/mol. The van der Waals surface area contributed by atoms with Crippen molar-refractivity contribution in [1.29, 1.82) is 0 Å². The fraction of sp³-hybridized carbons (Fsp3) is 0.765. The lowest BCUT2D eigenvalue weighted by molar-refractivity contribution is -0.141. The summed E-state index contributed by atoms with van der Waals surface area (Å²) in [6, 6.07) is -0.938. The minimum atomic E-state index is -0.477. The minimum Gasteiger partial charge on any atom is -0.339 e. The van der Waals surface area contributed by atoms with Crippen LogP contribution in [0.1, 0.15) is 39.0 Å². The zero-order chi connectivity index (χ0) is 18.0. The van der Waals surface area contributed by atoms with E-state index in [-0.39, 0.29) is 30.2 Å². The Hall–Kier alpha value is -2.12. The highest BCUT2D eigenvalue weighted by Gasteiger charge is 2.43. The molecule has 1 N–H and O–H groups in total. The number of rotatable bonds is 3. The third kappa shape index (κ3) is 3.77. The Morgan fingerprint density at radius 3 is 2.20 bits per heavy atom. The van der Waals surface area contributed by atoms with Gasteiger partial charge in [-0.25, -0.2) is 4.79 Å². The second-order valence-electron chi connectivity index (χ2n) is 7.14. The molecule has 138 valence electrons. The van der Waals surface area contributed by atoms with Crippen LogP contribution in [0.2, 0.25) is 0 Å². The minimum absolute atomic E-state index is 0.00322. The van der Waals surface area contributed by atoms with Crippen molar-refractivity contribution in [1.82, 2.24) is 20.0 Å². The van der Waals surface area contributed by atoms with Crippen molar-refractivity contribution in [2.75, 3.05) is 32.7 Å². The number of nitrogens with zero attached hydrogens (tertiary/aromatic N) is 3. The molecular formula is C17H26N4O4. The molecule has 0 spiro atoms. The van der Waals surface area contributed by atoms with E-state index in [1.54, 1.807) is 9.80 Å². The highest BCUT2D eigenvalue weighted by Crippen LogP contribution is 2.29. The molecule has 1 aliphatic carbocycles. The van der Waals surface area contributed by atoms with E-state index in [1.807, 2.05) is 0 Å². The lowest BCUT2D eigenvalue weighted by Crippen LogP contribution is -2.52. The lowest BCUT2D eigenvalue weighted by Gasteiger charge is -2.34. The van der Waals surface area contributed by atoms with Crippen molar-refractivity contribution in [3.63, 3.8) is 0 Å². The second-order valence-corrected chi connectivity index (χ2v) is 7.14. The van der Waals surface area contributed by atoms with Gasteiger partial charge in [-0.2, -0.15) is 0 Å². The molecule has 0 aromatic carbocycles. The molecule has 3 aliphatic rings. The zero-order valence-electron chi connectivity index (χ0n) is 14.7. The molecule has 5 amide bonds. The molecule has 1 atom stereocenters. The van der Waals surface area contributed by atoms with Crippen molar-refractivity contribution in [3.05, 3.63) is 0 Å². The van der Waals surface area contributed by atoms with Crippen LogP contribution in [-0.2, 0) is 14.4 Å². The van der Waals surface area contributed by atoms with Gasteiger partial charge in [0.2, 0.25) is 11.8 Å². The molecule has 2 aliphatic heterocycles. The van der Waals surface area contributed by atoms with E-state index in [1.165, 1.54) is 13.3 Å². The number of hydrogen-bond acceptors (Lipinski definition) is 4. The lowest BCUT2D eigenvalue weighted by atomic mass is 9.84. The van der Waals surface area contributed by atoms with Gasteiger partial charge in [-0.1, -0.05) is 19.3 Å². The molecule has 2 heterocycles. The van der Waals surface area contributed by atoms with E-state index >= 15 is 0 Å². The maximum absolute atomic E-state index is 12.6. The van der Waals surface area contributed by atoms with Gasteiger partial charge in [0, 0.05) is 33.1 Å². The first kappa shape index (κ1) is 17.7. The normalized spacial score (nSPS) is 25.3. The fourth-order valence-electron chi connectivity index (χ4n) is 3.98. The molecule has 3 rings (SSSR count). The fourth-order valence-corrected chi connectivity index (χ4v) is 3.98. The largest absolute Gasteiger partial charge is 0.339 e. The van der Waals surface area contributed by atoms with Crippen molar-refractivity contribution in [3.8, 4) is 0 Å². The average molecular weight is 350 g/mol. The smallest absolute Gasteiger partial charge is 0.325 e. The SMILES string of the molecule is CC(=O)N1CCN(C(=O)CN2C(=O)NC(C3CCCCC3)C2=O)CC1. The summed E-state index contributed by atoms with van der Waals surface area (Å²) in [7, 11) is 0. The number of hydrogen-bond donors (Lipinski definition) is 1. The van der Waals surface area contributed by atoms with Gasteiger partial charge in [0.1, 0.15) is 12.6 Å². The van der Waals surface area contributed by atoms with E-state index in [4.69, 9.17) is 0 Å². The molecule has 8 heteroatoms. The third-order valence-corrected chi connectivity index (χ3v) is 5.55. The van der Waals surface area contributed by atoms with Crippen LogP contribution in [0.15, 0.2) is 0 Å². The Morgan fingerprint density at radius 1 is 1.00 bits per heavy atom. The Labute approximate surface area is 147 Å². The van der Waals surface area contributed by atoms with Crippen LogP contribution in [0.5, 0.6) is 0 Å². The molecule has 0 aromatic rings. The summed E-state index contributed by atoms with van der Waals surface area (Å²) >= 11 is 0. The second kappa shape index (κ2) is 7.41. The number of imide groups is 1. The van der Waals surface area contributed by atoms with E-state index in [0.717, 1.165) is 30.6 Å². The number of piperazine rings is 1. The first-order valence-corrected chi connectivity index (χ1v) is 9.12. The van der Waals surface area contributed by atoms with Crippen LogP contribution in [-0.4, -0.2) is 77.2 Å². The molecule has 0 bridgehead atoms. The molecule has 8 nitrogen and oxygen atoms in total. The van der Waals surface area contributed by atoms with Crippen molar-refractivity contribution in [2.45, 2.75) is 45.1 Å². The summed E-state index contributed by atoms with van der Waals surface area (Å²) in [5.74, 6) is -0.329. The Bertz CT molecular complexity index is 565. The summed E-state index contributed by atoms with van der Waals surface area (Å²) < 4.78 is 0. The summed E-state index contributed by atoms with van der Waals surface area (Å²) in [4.78, 5) is 52.9. The van der Waals surface area contributed by atoms with Crippen molar-refractivity contribution >= 4 is 23.8 Å². The summed E-state index contributed by atoms with van der Waals surface area (Å²) in [6.07, 6.45) is 5.25. The Morgan fingerprint density at radius 2 is 1.60 bits per heavy atom. The van der Waals surface area contributed by atoms with Gasteiger partial charge in [-0.15, -0.1) is 0 Å². The molecule has 3 fully saturated rings. The number of carbonyl (C=O) groups excluding carboxylic acids is 4. The van der Waals surface area contributed by atoms with Crippen LogP contribution < -0.4 is 5.32 Å². The van der Waals surface area contributed by atoms with E-state index in [0.29, 0.717) is 26.2 Å². The number of urea groups is 1. The quantitative estimate of drug-likeness (QED) is 0.735. The van der Waals surface area contributed by atoms with Gasteiger partial charge in [0.15, 0.2) is 0 Å². The Kier molecular flexibility index (Phi) is 5.24. The van der Waals surface area contributed by atoms with Crippen LogP contribution >= 0.6 is 0 Å². The molecule has 1 unspecified atom stereocenters. The monoisotopic (exact) mass is 350 g/mol. The van der Waals surface area contributed by atoms with Gasteiger partial charge >= 0.3 is 6.03 Å². The highest BCUT2D eigenvalue weighted by atomic mass is 16.2. The topological polar surface area (TPSA) is 90.0 Å². The maximum atomic E-state index is 12.6. The zero-order valence-corrected chi connectivity index (χ0v) is 14.7. The van der Waals surface area contributed by atoms with E-state index in [2.05, 4.69) is 5.32 Å². The summed E-state index contributed by atoms with van der Waals surface area (Å²) in [6.45, 7) is 3.16. The average Bonchev–Trinajstić information content (AvgIpc) is 2.90. The van der Waals surface area contributed by atoms with Crippen LogP contribution in [0.3, 0.4) is 0 Å². The molecule has 0 aromatic heterocycles. The van der Waals surface area contributed by atoms with Gasteiger partial charge in [-0.3, -0.25) is 19.3 Å². The first-order valence-electron chi connectivity index (χ1n) is 9.12. The highest BCUT2D eigenvalue weighted by molar-refractivity contribution is 6.06. The standard InChI is InChI=1S/C17H26N4O4/c1-12(22)19-7-9-20(10-8-19)14(23)11-21-16(24)15(18-17(21)25)13-5-3-2-4-6-13/h13,15H,2-11H2,1H3,(H,18,25). The van der Waals surface area contributed by atoms with Gasteiger partial charge < -0.3 is 15.1 Å². The predicted octanol–water partition coefficient (Wildman–Crippen LogP) is 0.178. The van der Waals surface area contributed by atoms with Gasteiger partial charge in [0.25, 0.3) is 5.91 Å². The summed E-state index contributed by atoms with van der Waals surface area (Å²) in [5.41, 5.74) is 0. The third-order valence-electron chi connectivity index (χ3n) is 5.55. The summed E-state index contributed by atoms with van der Waals surface area (Å²) in [5, 5.41) is 2.77. The van der Waals surface area contributed by atoms with Crippen molar-refractivity contribution in [2.24, 2.45) is 5.92 Å². The van der Waals surface area contributed by atoms with Crippen LogP contribution in [0.25, 0.3) is 0 Å².